The van der Waals surface area contributed by atoms with Gasteiger partial charge in [-0.15, -0.1) is 6.58 Å². The van der Waals surface area contributed by atoms with E-state index in [4.69, 9.17) is 28.4 Å². The molecule has 0 aromatic rings. The van der Waals surface area contributed by atoms with Crippen molar-refractivity contribution in [2.24, 2.45) is 0 Å². The quantitative estimate of drug-likeness (QED) is 0.271. The Morgan fingerprint density at radius 3 is 1.65 bits per heavy atom. The van der Waals surface area contributed by atoms with Crippen LogP contribution in [0.15, 0.2) is 23.6 Å². The van der Waals surface area contributed by atoms with Crippen LogP contribution in [0.2, 0.25) is 0 Å². The molecular formula is C13H24O6Si. The monoisotopic (exact) mass is 304 g/mol. The summed E-state index contributed by atoms with van der Waals surface area (Å²) in [7, 11) is 5.10. The van der Waals surface area contributed by atoms with Crippen LogP contribution in [-0.2, 0) is 28.4 Å². The third-order valence-corrected chi connectivity index (χ3v) is 2.81. The van der Waals surface area contributed by atoms with Crippen LogP contribution in [0.4, 0.5) is 0 Å². The zero-order valence-electron chi connectivity index (χ0n) is 12.5. The lowest BCUT2D eigenvalue weighted by Crippen LogP contribution is -2.15. The normalized spacial score (nSPS) is 9.95. The van der Waals surface area contributed by atoms with Crippen molar-refractivity contribution in [3.63, 3.8) is 0 Å². The van der Waals surface area contributed by atoms with E-state index in [0.29, 0.717) is 51.0 Å². The van der Waals surface area contributed by atoms with Gasteiger partial charge in [-0.3, -0.25) is 0 Å². The predicted molar refractivity (Wildman–Crippen MR) is 76.5 cm³/mol. The summed E-state index contributed by atoms with van der Waals surface area (Å²) < 4.78 is 31.6. The van der Waals surface area contributed by atoms with E-state index in [9.17, 15) is 0 Å². The lowest BCUT2D eigenvalue weighted by Gasteiger charge is -2.16. The molecule has 0 unspecified atom stereocenters. The van der Waals surface area contributed by atoms with E-state index in [-0.39, 0.29) is 9.52 Å². The molecule has 7 heteroatoms. The lowest BCUT2D eigenvalue weighted by atomic mass is 10.7. The molecule has 0 saturated heterocycles. The fourth-order valence-electron chi connectivity index (χ4n) is 1.09. The van der Waals surface area contributed by atoms with Crippen LogP contribution in [0.3, 0.4) is 0 Å². The Kier molecular flexibility index (Phi) is 13.7. The minimum atomic E-state index is 0.256. The lowest BCUT2D eigenvalue weighted by molar-refractivity contribution is -0.0157. The zero-order valence-corrected chi connectivity index (χ0v) is 13.5. The maximum absolute atomic E-state index is 5.61. The second-order valence-corrected chi connectivity index (χ2v) is 4.64. The molecule has 0 atom stereocenters. The summed E-state index contributed by atoms with van der Waals surface area (Å²) in [6.45, 7) is 6.35. The van der Waals surface area contributed by atoms with Crippen molar-refractivity contribution in [1.29, 1.82) is 0 Å². The molecule has 0 aromatic heterocycles. The molecule has 2 radical (unpaired) electrons. The number of ether oxygens (including phenoxy) is 6. The van der Waals surface area contributed by atoms with E-state index >= 15 is 0 Å². The number of hydrogen-bond acceptors (Lipinski definition) is 6. The molecule has 0 aliphatic carbocycles. The van der Waals surface area contributed by atoms with E-state index in [1.165, 1.54) is 0 Å². The van der Waals surface area contributed by atoms with Crippen LogP contribution in [-0.4, -0.2) is 70.5 Å². The van der Waals surface area contributed by atoms with Crippen LogP contribution in [0.25, 0.3) is 0 Å². The summed E-state index contributed by atoms with van der Waals surface area (Å²) >= 11 is 0. The molecule has 6 nitrogen and oxygen atoms in total. The highest BCUT2D eigenvalue weighted by atomic mass is 28.2. The topological polar surface area (TPSA) is 55.4 Å². The van der Waals surface area contributed by atoms with Crippen LogP contribution in [0.5, 0.6) is 0 Å². The largest absolute Gasteiger partial charge is 0.494 e. The molecule has 116 valence electrons. The highest BCUT2D eigenvalue weighted by molar-refractivity contribution is 6.50. The van der Waals surface area contributed by atoms with Crippen molar-refractivity contribution in [2.45, 2.75) is 0 Å². The molecule has 0 rings (SSSR count). The zero-order chi connectivity index (χ0) is 15.1. The van der Waals surface area contributed by atoms with E-state index in [2.05, 4.69) is 6.58 Å². The maximum atomic E-state index is 5.61. The van der Waals surface area contributed by atoms with Crippen LogP contribution in [0, 0.1) is 0 Å². The molecule has 0 bridgehead atoms. The molecular weight excluding hydrogens is 280 g/mol. The Labute approximate surface area is 123 Å². The SMILES string of the molecule is C=C[Si]C(OCCOC)=C(OCCOC)OCCOC. The standard InChI is InChI=1S/C13H24O6Si/c1-5-20-13(19-11-8-16-4)12(17-9-6-14-2)18-10-7-15-3/h5H,1,6-11H2,2-4H3. The molecule has 0 aliphatic rings. The minimum Gasteiger partial charge on any atom is -0.494 e. The third-order valence-electron chi connectivity index (χ3n) is 1.99. The third kappa shape index (κ3) is 9.85. The fourth-order valence-corrected chi connectivity index (χ4v) is 1.72. The molecule has 0 aliphatic heterocycles. The van der Waals surface area contributed by atoms with E-state index in [0.717, 1.165) is 0 Å². The van der Waals surface area contributed by atoms with Crippen molar-refractivity contribution < 1.29 is 28.4 Å². The van der Waals surface area contributed by atoms with Gasteiger partial charge in [-0.1, -0.05) is 5.70 Å². The highest BCUT2D eigenvalue weighted by Crippen LogP contribution is 2.10. The van der Waals surface area contributed by atoms with Gasteiger partial charge < -0.3 is 28.4 Å². The first-order valence-electron chi connectivity index (χ1n) is 6.27. The first-order valence-corrected chi connectivity index (χ1v) is 7.34. The molecule has 0 amide bonds. The Bertz CT molecular complexity index is 258. The molecule has 0 aromatic carbocycles. The van der Waals surface area contributed by atoms with Gasteiger partial charge in [0, 0.05) is 21.3 Å². The highest BCUT2D eigenvalue weighted by Gasteiger charge is 2.12. The summed E-state index contributed by atoms with van der Waals surface area (Å²) in [5, 5.41) is 0.615. The van der Waals surface area contributed by atoms with Crippen LogP contribution in [0.1, 0.15) is 0 Å². The molecule has 20 heavy (non-hydrogen) atoms. The molecule has 0 N–H and O–H groups in total. The number of hydrogen-bond donors (Lipinski definition) is 0. The van der Waals surface area contributed by atoms with Gasteiger partial charge in [0.2, 0.25) is 0 Å². The van der Waals surface area contributed by atoms with E-state index in [1.807, 2.05) is 0 Å². The Morgan fingerprint density at radius 1 is 0.800 bits per heavy atom. The minimum absolute atomic E-state index is 0.256. The van der Waals surface area contributed by atoms with Gasteiger partial charge >= 0.3 is 5.95 Å². The molecule has 0 spiro atoms. The van der Waals surface area contributed by atoms with Gasteiger partial charge in [-0.25, -0.2) is 0 Å². The average molecular weight is 304 g/mol. The van der Waals surface area contributed by atoms with Crippen LogP contribution >= 0.6 is 0 Å². The number of methoxy groups -OCH3 is 3. The van der Waals surface area contributed by atoms with Gasteiger partial charge in [0.15, 0.2) is 14.9 Å². The molecule has 0 heterocycles. The second kappa shape index (κ2) is 14.4. The van der Waals surface area contributed by atoms with Gasteiger partial charge in [0.25, 0.3) is 0 Å². The first kappa shape index (κ1) is 19.0. The van der Waals surface area contributed by atoms with E-state index in [1.54, 1.807) is 27.0 Å². The van der Waals surface area contributed by atoms with Crippen molar-refractivity contribution in [3.05, 3.63) is 23.6 Å². The van der Waals surface area contributed by atoms with Crippen molar-refractivity contribution >= 4 is 9.52 Å². The van der Waals surface area contributed by atoms with Crippen molar-refractivity contribution in [2.75, 3.05) is 61.0 Å². The fraction of sp³-hybridized carbons (Fsp3) is 0.692. The second-order valence-electron chi connectivity index (χ2n) is 3.49. The smallest absolute Gasteiger partial charge is 0.313 e. The summed E-state index contributed by atoms with van der Waals surface area (Å²) in [4.78, 5) is 0. The van der Waals surface area contributed by atoms with Gasteiger partial charge in [-0.2, -0.15) is 0 Å². The molecule has 0 saturated carbocycles. The average Bonchev–Trinajstić information content (AvgIpc) is 2.45. The van der Waals surface area contributed by atoms with Crippen LogP contribution < -0.4 is 0 Å². The number of rotatable bonds is 14. The molecule has 0 fully saturated rings. The Hall–Kier alpha value is -1.02. The van der Waals surface area contributed by atoms with Crippen molar-refractivity contribution in [1.82, 2.24) is 0 Å². The summed E-state index contributed by atoms with van der Waals surface area (Å²) in [6, 6.07) is 0. The summed E-state index contributed by atoms with van der Waals surface area (Å²) in [5.74, 6) is 0.355. The summed E-state index contributed by atoms with van der Waals surface area (Å²) in [5.41, 5.74) is 1.75. The Balaban J connectivity index is 4.60. The summed E-state index contributed by atoms with van der Waals surface area (Å²) in [6.07, 6.45) is 0. The van der Waals surface area contributed by atoms with Gasteiger partial charge in [0.05, 0.1) is 19.8 Å². The van der Waals surface area contributed by atoms with E-state index < -0.39 is 0 Å². The predicted octanol–water partition coefficient (Wildman–Crippen LogP) is 0.950. The Morgan fingerprint density at radius 2 is 1.25 bits per heavy atom. The first-order chi connectivity index (χ1) is 9.79. The maximum Gasteiger partial charge on any atom is 0.313 e. The van der Waals surface area contributed by atoms with Crippen molar-refractivity contribution in [3.8, 4) is 0 Å². The van der Waals surface area contributed by atoms with Gasteiger partial charge in [0.1, 0.15) is 19.8 Å². The van der Waals surface area contributed by atoms with Gasteiger partial charge in [-0.05, 0) is 0 Å².